The van der Waals surface area contributed by atoms with Gasteiger partial charge in [-0.2, -0.15) is 4.72 Å². The number of sulfonamides is 1. The molecule has 0 bridgehead atoms. The molecule has 0 unspecified atom stereocenters. The van der Waals surface area contributed by atoms with E-state index in [1.165, 1.54) is 25.0 Å². The van der Waals surface area contributed by atoms with E-state index in [0.717, 1.165) is 22.9 Å². The summed E-state index contributed by atoms with van der Waals surface area (Å²) in [6.07, 6.45) is 5.25. The lowest BCUT2D eigenvalue weighted by Crippen LogP contribution is -2.47. The summed E-state index contributed by atoms with van der Waals surface area (Å²) in [6.45, 7) is 1.74. The van der Waals surface area contributed by atoms with Gasteiger partial charge >= 0.3 is 0 Å². The van der Waals surface area contributed by atoms with E-state index in [9.17, 15) is 13.2 Å². The predicted molar refractivity (Wildman–Crippen MR) is 139 cm³/mol. The first-order valence-corrected chi connectivity index (χ1v) is 13.5. The maximum atomic E-state index is 13.2. The van der Waals surface area contributed by atoms with E-state index >= 15 is 0 Å². The number of nitrogens with one attached hydrogen (secondary N) is 3. The van der Waals surface area contributed by atoms with Crippen LogP contribution in [0.25, 0.3) is 10.9 Å². The minimum absolute atomic E-state index is 0.0590. The molecule has 3 N–H and O–H groups in total. The third-order valence-corrected chi connectivity index (χ3v) is 7.67. The van der Waals surface area contributed by atoms with Crippen LogP contribution in [-0.4, -0.2) is 25.4 Å². The quantitative estimate of drug-likeness (QED) is 0.271. The third kappa shape index (κ3) is 6.13. The van der Waals surface area contributed by atoms with Gasteiger partial charge in [-0.05, 0) is 72.9 Å². The number of rotatable bonds is 11. The van der Waals surface area contributed by atoms with Crippen LogP contribution in [0, 0.1) is 12.5 Å². The Morgan fingerprint density at radius 1 is 1.00 bits per heavy atom. The summed E-state index contributed by atoms with van der Waals surface area (Å²) in [5.41, 5.74) is 1.87. The van der Waals surface area contributed by atoms with Crippen molar-refractivity contribution < 1.29 is 17.9 Å². The molecule has 1 heterocycles. The number of hydrogen-bond donors (Lipinski definition) is 3. The van der Waals surface area contributed by atoms with Crippen molar-refractivity contribution in [2.75, 3.05) is 0 Å². The zero-order valence-electron chi connectivity index (χ0n) is 19.7. The highest BCUT2D eigenvalue weighted by Gasteiger charge is 2.27. The fourth-order valence-electron chi connectivity index (χ4n) is 3.99. The van der Waals surface area contributed by atoms with Crippen molar-refractivity contribution in [2.45, 2.75) is 36.6 Å². The van der Waals surface area contributed by atoms with Gasteiger partial charge in [0.15, 0.2) is 0 Å². The number of benzene rings is 3. The van der Waals surface area contributed by atoms with Gasteiger partial charge in [-0.15, -0.1) is 0 Å². The summed E-state index contributed by atoms with van der Waals surface area (Å²) >= 11 is 0. The molecule has 1 fully saturated rings. The predicted octanol–water partition coefficient (Wildman–Crippen LogP) is 4.93. The largest absolute Gasteiger partial charge is 0.457 e. The first-order valence-electron chi connectivity index (χ1n) is 12.0. The van der Waals surface area contributed by atoms with Gasteiger partial charge in [-0.1, -0.05) is 43.2 Å². The zero-order valence-corrected chi connectivity index (χ0v) is 20.5. The molecule has 8 heteroatoms. The Morgan fingerprint density at radius 2 is 1.75 bits per heavy atom. The van der Waals surface area contributed by atoms with Gasteiger partial charge in [0, 0.05) is 23.6 Å². The van der Waals surface area contributed by atoms with Crippen molar-refractivity contribution in [2.24, 2.45) is 5.92 Å². The molecular formula is C28H28N3O4S. The minimum atomic E-state index is -3.95. The number of hydrogen-bond acceptors (Lipinski definition) is 4. The maximum Gasteiger partial charge on any atom is 0.241 e. The summed E-state index contributed by atoms with van der Waals surface area (Å²) in [5.74, 6) is 1.42. The van der Waals surface area contributed by atoms with Crippen LogP contribution in [-0.2, 0) is 21.2 Å². The fraction of sp³-hybridized carbons (Fsp3) is 0.214. The molecule has 1 aliphatic carbocycles. The van der Waals surface area contributed by atoms with Gasteiger partial charge < -0.3 is 15.0 Å². The molecule has 1 atom stereocenters. The number of carbonyl (C=O) groups is 1. The smallest absolute Gasteiger partial charge is 0.241 e. The van der Waals surface area contributed by atoms with Gasteiger partial charge in [0.25, 0.3) is 0 Å². The van der Waals surface area contributed by atoms with Crippen LogP contribution < -0.4 is 14.8 Å². The van der Waals surface area contributed by atoms with E-state index in [2.05, 4.69) is 15.0 Å². The number of aromatic nitrogens is 1. The number of carbonyl (C=O) groups excluding carboxylic acids is 1. The van der Waals surface area contributed by atoms with Crippen molar-refractivity contribution in [1.29, 1.82) is 0 Å². The SMILES string of the molecule is O=C(N[CH]CC1CC1)[C@H](Cc1ccccc1)NS(=O)(=O)c1ccc(Oc2ccc3[nH]ccc3c2)cc1. The molecule has 1 amide bonds. The van der Waals surface area contributed by atoms with Crippen LogP contribution in [0.15, 0.2) is 90.0 Å². The van der Waals surface area contributed by atoms with Gasteiger partial charge in [0.1, 0.15) is 17.5 Å². The lowest BCUT2D eigenvalue weighted by Gasteiger charge is -2.19. The number of aromatic amines is 1. The van der Waals surface area contributed by atoms with Crippen LogP contribution in [0.1, 0.15) is 24.8 Å². The van der Waals surface area contributed by atoms with E-state index in [1.54, 1.807) is 18.7 Å². The van der Waals surface area contributed by atoms with Crippen molar-refractivity contribution >= 4 is 26.8 Å². The Kier molecular flexibility index (Phi) is 7.06. The fourth-order valence-corrected chi connectivity index (χ4v) is 5.19. The second kappa shape index (κ2) is 10.6. The van der Waals surface area contributed by atoms with Crippen LogP contribution in [0.4, 0.5) is 0 Å². The average Bonchev–Trinajstić information content (AvgIpc) is 3.58. The first kappa shape index (κ1) is 24.1. The van der Waals surface area contributed by atoms with Crippen molar-refractivity contribution in [3.05, 3.63) is 97.2 Å². The summed E-state index contributed by atoms with van der Waals surface area (Å²) < 4.78 is 34.8. The molecular weight excluding hydrogens is 474 g/mol. The Bertz CT molecular complexity index is 1430. The Hall–Kier alpha value is -3.62. The van der Waals surface area contributed by atoms with Crippen molar-refractivity contribution in [1.82, 2.24) is 15.0 Å². The summed E-state index contributed by atoms with van der Waals surface area (Å²) in [4.78, 5) is 16.1. The number of amides is 1. The molecule has 0 spiro atoms. The standard InChI is InChI=1S/C28H28N3O4S/c32-28(30-16-14-20-6-7-20)27(18-21-4-2-1-3-5-21)31-36(33,34)25-11-8-23(9-12-25)35-24-10-13-26-22(19-24)15-17-29-26/h1-5,8-13,15-17,19-20,27,29,31H,6-7,14,18H2,(H,30,32)/t27-/m0/s1. The van der Waals surface area contributed by atoms with E-state index in [4.69, 9.17) is 4.74 Å². The molecule has 1 radical (unpaired) electrons. The molecule has 185 valence electrons. The second-order valence-electron chi connectivity index (χ2n) is 9.06. The Morgan fingerprint density at radius 3 is 2.50 bits per heavy atom. The zero-order chi connectivity index (χ0) is 25.0. The number of fused-ring (bicyclic) bond motifs is 1. The molecule has 7 nitrogen and oxygen atoms in total. The van der Waals surface area contributed by atoms with Crippen LogP contribution in [0.5, 0.6) is 11.5 Å². The lowest BCUT2D eigenvalue weighted by molar-refractivity contribution is -0.122. The average molecular weight is 503 g/mol. The number of H-pyrrole nitrogens is 1. The maximum absolute atomic E-state index is 13.2. The topological polar surface area (TPSA) is 100 Å². The molecule has 0 saturated heterocycles. The van der Waals surface area contributed by atoms with Gasteiger partial charge in [-0.3, -0.25) is 4.79 Å². The molecule has 1 saturated carbocycles. The normalized spacial score (nSPS) is 14.4. The van der Waals surface area contributed by atoms with Crippen LogP contribution in [0.3, 0.4) is 0 Å². The molecule has 0 aliphatic heterocycles. The van der Waals surface area contributed by atoms with Gasteiger partial charge in [0.2, 0.25) is 15.9 Å². The lowest BCUT2D eigenvalue weighted by atomic mass is 10.1. The monoisotopic (exact) mass is 502 g/mol. The highest BCUT2D eigenvalue weighted by Crippen LogP contribution is 2.32. The van der Waals surface area contributed by atoms with Crippen molar-refractivity contribution in [3.63, 3.8) is 0 Å². The summed E-state index contributed by atoms with van der Waals surface area (Å²) in [6, 6.07) is 22.2. The molecule has 36 heavy (non-hydrogen) atoms. The highest BCUT2D eigenvalue weighted by atomic mass is 32.2. The van der Waals surface area contributed by atoms with E-state index in [1.807, 2.05) is 60.8 Å². The second-order valence-corrected chi connectivity index (χ2v) is 10.8. The van der Waals surface area contributed by atoms with Crippen LogP contribution in [0.2, 0.25) is 0 Å². The Labute approximate surface area is 210 Å². The van der Waals surface area contributed by atoms with Crippen molar-refractivity contribution in [3.8, 4) is 11.5 Å². The summed E-state index contributed by atoms with van der Waals surface area (Å²) in [5, 5.41) is 3.80. The highest BCUT2D eigenvalue weighted by molar-refractivity contribution is 7.89. The first-order chi connectivity index (χ1) is 17.5. The van der Waals surface area contributed by atoms with E-state index < -0.39 is 16.1 Å². The van der Waals surface area contributed by atoms with Gasteiger partial charge in [-0.25, -0.2) is 8.42 Å². The Balaban J connectivity index is 1.27. The van der Waals surface area contributed by atoms with Gasteiger partial charge in [0.05, 0.1) is 4.90 Å². The van der Waals surface area contributed by atoms with E-state index in [0.29, 0.717) is 17.4 Å². The summed E-state index contributed by atoms with van der Waals surface area (Å²) in [7, 11) is -3.95. The van der Waals surface area contributed by atoms with E-state index in [-0.39, 0.29) is 17.2 Å². The molecule has 5 rings (SSSR count). The minimum Gasteiger partial charge on any atom is -0.457 e. The molecule has 3 aromatic carbocycles. The van der Waals surface area contributed by atoms with Crippen LogP contribution >= 0.6 is 0 Å². The molecule has 1 aliphatic rings. The number of ether oxygens (including phenoxy) is 1. The molecule has 1 aromatic heterocycles. The molecule has 4 aromatic rings. The third-order valence-electron chi connectivity index (χ3n) is 6.18.